The van der Waals surface area contributed by atoms with Gasteiger partial charge in [0.05, 0.1) is 32.2 Å². The predicted molar refractivity (Wildman–Crippen MR) is 78.4 cm³/mol. The Balaban J connectivity index is 1.55. The van der Waals surface area contributed by atoms with E-state index in [2.05, 4.69) is 4.90 Å². The second kappa shape index (κ2) is 6.15. The van der Waals surface area contributed by atoms with E-state index in [1.54, 1.807) is 18.2 Å². The van der Waals surface area contributed by atoms with Crippen LogP contribution in [0.3, 0.4) is 0 Å². The van der Waals surface area contributed by atoms with Gasteiger partial charge in [-0.25, -0.2) is 4.39 Å². The Bertz CT molecular complexity index is 648. The van der Waals surface area contributed by atoms with Gasteiger partial charge in [-0.2, -0.15) is 0 Å². The van der Waals surface area contributed by atoms with E-state index in [1.165, 1.54) is 23.1 Å². The summed E-state index contributed by atoms with van der Waals surface area (Å²) < 4.78 is 18.1. The number of nitrogens with zero attached hydrogens (tertiary/aromatic N) is 2. The van der Waals surface area contributed by atoms with E-state index in [0.29, 0.717) is 12.3 Å². The summed E-state index contributed by atoms with van der Waals surface area (Å²) in [5.41, 5.74) is 1.02. The molecule has 0 atom stereocenters. The van der Waals surface area contributed by atoms with Gasteiger partial charge in [0.25, 0.3) is 0 Å². The number of hydrogen-bond donors (Lipinski definition) is 1. The van der Waals surface area contributed by atoms with Crippen LogP contribution in [0.5, 0.6) is 0 Å². The molecule has 1 fully saturated rings. The molecule has 0 saturated carbocycles. The van der Waals surface area contributed by atoms with Gasteiger partial charge in [-0.3, -0.25) is 10.1 Å². The summed E-state index contributed by atoms with van der Waals surface area (Å²) >= 11 is 0. The largest absolute Gasteiger partial charge is 0.433 e. The molecule has 1 N–H and O–H groups in total. The first-order valence-corrected chi connectivity index (χ1v) is 7.19. The van der Waals surface area contributed by atoms with E-state index in [-0.39, 0.29) is 11.7 Å². The van der Waals surface area contributed by atoms with Crippen LogP contribution in [0.1, 0.15) is 5.76 Å². The average molecular weight is 306 g/mol. The van der Waals surface area contributed by atoms with Crippen LogP contribution in [0.4, 0.5) is 16.0 Å². The lowest BCUT2D eigenvalue weighted by Gasteiger charge is -2.33. The van der Waals surface area contributed by atoms with Crippen molar-refractivity contribution in [1.82, 2.24) is 0 Å². The van der Waals surface area contributed by atoms with E-state index < -0.39 is 4.92 Å². The summed E-state index contributed by atoms with van der Waals surface area (Å²) in [7, 11) is 0. The molecular formula is C15H17FN3O3+. The monoisotopic (exact) mass is 306 g/mol. The van der Waals surface area contributed by atoms with Crippen molar-refractivity contribution >= 4 is 11.6 Å². The Kier molecular flexibility index (Phi) is 4.06. The Morgan fingerprint density at radius 2 is 1.86 bits per heavy atom. The Labute approximate surface area is 126 Å². The zero-order valence-electron chi connectivity index (χ0n) is 12.0. The number of rotatable bonds is 4. The van der Waals surface area contributed by atoms with Gasteiger partial charge in [0.1, 0.15) is 17.3 Å². The van der Waals surface area contributed by atoms with Crippen molar-refractivity contribution < 1.29 is 18.6 Å². The van der Waals surface area contributed by atoms with Gasteiger partial charge in [-0.05, 0) is 30.3 Å². The molecule has 3 rings (SSSR count). The van der Waals surface area contributed by atoms with Gasteiger partial charge in [0.2, 0.25) is 0 Å². The molecule has 0 amide bonds. The van der Waals surface area contributed by atoms with Crippen LogP contribution in [0, 0.1) is 15.9 Å². The summed E-state index contributed by atoms with van der Waals surface area (Å²) in [6.45, 7) is 4.19. The van der Waals surface area contributed by atoms with Crippen LogP contribution in [-0.2, 0) is 6.54 Å². The molecule has 22 heavy (non-hydrogen) atoms. The number of piperazine rings is 1. The topological polar surface area (TPSA) is 64.0 Å². The Morgan fingerprint density at radius 3 is 2.45 bits per heavy atom. The fraction of sp³-hybridized carbons (Fsp3) is 0.333. The highest BCUT2D eigenvalue weighted by atomic mass is 19.1. The minimum Gasteiger partial charge on any atom is -0.400 e. The van der Waals surface area contributed by atoms with E-state index >= 15 is 0 Å². The van der Waals surface area contributed by atoms with Crippen molar-refractivity contribution in [3.63, 3.8) is 0 Å². The smallest absolute Gasteiger partial charge is 0.400 e. The Morgan fingerprint density at radius 1 is 1.18 bits per heavy atom. The average Bonchev–Trinajstić information content (AvgIpc) is 2.98. The summed E-state index contributed by atoms with van der Waals surface area (Å²) in [4.78, 5) is 13.6. The van der Waals surface area contributed by atoms with Crippen LogP contribution in [0.25, 0.3) is 0 Å². The third kappa shape index (κ3) is 3.25. The number of furan rings is 1. The molecule has 1 aromatic carbocycles. The SMILES string of the molecule is O=[N+]([O-])c1ccc(C[NH+]2CCN(c3ccc(F)cc3)CC2)o1. The molecule has 0 unspecified atom stereocenters. The molecule has 1 aromatic heterocycles. The van der Waals surface area contributed by atoms with Gasteiger partial charge >= 0.3 is 5.88 Å². The lowest BCUT2D eigenvalue weighted by atomic mass is 10.2. The first-order chi connectivity index (χ1) is 10.6. The zero-order chi connectivity index (χ0) is 15.5. The normalized spacial score (nSPS) is 16.0. The second-order valence-electron chi connectivity index (χ2n) is 5.39. The van der Waals surface area contributed by atoms with E-state index in [4.69, 9.17) is 4.42 Å². The predicted octanol–water partition coefficient (Wildman–Crippen LogP) is 1.23. The molecule has 0 aliphatic carbocycles. The highest BCUT2D eigenvalue weighted by Crippen LogP contribution is 2.16. The van der Waals surface area contributed by atoms with Crippen LogP contribution in [-0.4, -0.2) is 31.1 Å². The minimum absolute atomic E-state index is 0.209. The molecule has 1 aliphatic rings. The molecule has 1 saturated heterocycles. The number of benzene rings is 1. The molecule has 0 spiro atoms. The van der Waals surface area contributed by atoms with Gasteiger partial charge in [0.15, 0.2) is 5.76 Å². The van der Waals surface area contributed by atoms with Gasteiger partial charge in [-0.15, -0.1) is 0 Å². The fourth-order valence-electron chi connectivity index (χ4n) is 2.72. The molecule has 116 valence electrons. The number of hydrogen-bond acceptors (Lipinski definition) is 4. The van der Waals surface area contributed by atoms with E-state index in [9.17, 15) is 14.5 Å². The van der Waals surface area contributed by atoms with Gasteiger partial charge in [-0.1, -0.05) is 0 Å². The maximum absolute atomic E-state index is 12.9. The lowest BCUT2D eigenvalue weighted by molar-refractivity contribution is -0.915. The number of anilines is 1. The standard InChI is InChI=1S/C15H16FN3O3/c16-12-1-3-13(4-2-12)18-9-7-17(8-10-18)11-14-5-6-15(22-14)19(20)21/h1-6H,7-11H2/p+1. The van der Waals surface area contributed by atoms with E-state index in [1.807, 2.05) is 0 Å². The third-order valence-corrected chi connectivity index (χ3v) is 3.91. The highest BCUT2D eigenvalue weighted by Gasteiger charge is 2.22. The molecule has 2 heterocycles. The third-order valence-electron chi connectivity index (χ3n) is 3.91. The number of nitro groups is 1. The molecule has 0 radical (unpaired) electrons. The maximum Gasteiger partial charge on any atom is 0.433 e. The summed E-state index contributed by atoms with van der Waals surface area (Å²) in [5, 5.41) is 10.6. The van der Waals surface area contributed by atoms with E-state index in [0.717, 1.165) is 31.9 Å². The van der Waals surface area contributed by atoms with Crippen molar-refractivity contribution in [1.29, 1.82) is 0 Å². The fourth-order valence-corrected chi connectivity index (χ4v) is 2.72. The summed E-state index contributed by atoms with van der Waals surface area (Å²) in [6.07, 6.45) is 0. The van der Waals surface area contributed by atoms with Gasteiger partial charge in [0, 0.05) is 5.69 Å². The Hall–Kier alpha value is -2.41. The minimum atomic E-state index is -0.523. The van der Waals surface area contributed by atoms with Crippen LogP contribution in [0.2, 0.25) is 0 Å². The van der Waals surface area contributed by atoms with Crippen molar-refractivity contribution in [2.45, 2.75) is 6.54 Å². The molecule has 7 heteroatoms. The van der Waals surface area contributed by atoms with Crippen molar-refractivity contribution in [3.05, 3.63) is 58.1 Å². The molecule has 2 aromatic rings. The second-order valence-corrected chi connectivity index (χ2v) is 5.39. The van der Waals surface area contributed by atoms with Crippen molar-refractivity contribution in [2.24, 2.45) is 0 Å². The number of nitrogens with one attached hydrogen (secondary N) is 1. The number of quaternary nitrogens is 1. The maximum atomic E-state index is 12.9. The van der Waals surface area contributed by atoms with Crippen LogP contribution in [0.15, 0.2) is 40.8 Å². The summed E-state index contributed by atoms with van der Waals surface area (Å²) in [6, 6.07) is 9.57. The lowest BCUT2D eigenvalue weighted by Crippen LogP contribution is -3.13. The molecule has 1 aliphatic heterocycles. The first kappa shape index (κ1) is 14.5. The van der Waals surface area contributed by atoms with Crippen molar-refractivity contribution in [3.8, 4) is 0 Å². The number of halogens is 1. The van der Waals surface area contributed by atoms with Crippen LogP contribution < -0.4 is 9.80 Å². The molecule has 0 bridgehead atoms. The molecular weight excluding hydrogens is 289 g/mol. The van der Waals surface area contributed by atoms with Crippen molar-refractivity contribution in [2.75, 3.05) is 31.1 Å². The quantitative estimate of drug-likeness (QED) is 0.682. The highest BCUT2D eigenvalue weighted by molar-refractivity contribution is 5.46. The summed E-state index contributed by atoms with van der Waals surface area (Å²) in [5.74, 6) is 0.198. The molecule has 6 nitrogen and oxygen atoms in total. The van der Waals surface area contributed by atoms with Crippen LogP contribution >= 0.6 is 0 Å². The zero-order valence-corrected chi connectivity index (χ0v) is 12.0. The van der Waals surface area contributed by atoms with Gasteiger partial charge < -0.3 is 14.2 Å². The first-order valence-electron chi connectivity index (χ1n) is 7.19.